The molecular formula is C11H21N3O. The zero-order valence-electron chi connectivity index (χ0n) is 9.78. The normalized spacial score (nSPS) is 21.1. The fourth-order valence-electron chi connectivity index (χ4n) is 1.93. The summed E-state index contributed by atoms with van der Waals surface area (Å²) in [7, 11) is 1.75. The number of methoxy groups -OCH3 is 1. The van der Waals surface area contributed by atoms with Gasteiger partial charge < -0.3 is 4.74 Å². The number of ether oxygens (including phenoxy) is 1. The molecule has 0 aromatic heterocycles. The molecular weight excluding hydrogens is 190 g/mol. The minimum absolute atomic E-state index is 0.570. The summed E-state index contributed by atoms with van der Waals surface area (Å²) in [5, 5.41) is 8.59. The van der Waals surface area contributed by atoms with Crippen LogP contribution in [-0.4, -0.2) is 62.3 Å². The number of hydrogen-bond donors (Lipinski definition) is 0. The highest BCUT2D eigenvalue weighted by atomic mass is 16.5. The van der Waals surface area contributed by atoms with E-state index in [2.05, 4.69) is 22.8 Å². The van der Waals surface area contributed by atoms with Gasteiger partial charge in [0, 0.05) is 45.9 Å². The molecule has 0 aromatic carbocycles. The third kappa shape index (κ3) is 4.17. The molecule has 0 spiro atoms. The molecule has 86 valence electrons. The van der Waals surface area contributed by atoms with Gasteiger partial charge in [0.25, 0.3) is 0 Å². The minimum atomic E-state index is 0.570. The van der Waals surface area contributed by atoms with Gasteiger partial charge in [-0.1, -0.05) is 0 Å². The van der Waals surface area contributed by atoms with Crippen molar-refractivity contribution < 1.29 is 4.74 Å². The predicted octanol–water partition coefficient (Wildman–Crippen LogP) is 0.553. The van der Waals surface area contributed by atoms with Crippen molar-refractivity contribution in [1.29, 1.82) is 5.26 Å². The Labute approximate surface area is 92.4 Å². The summed E-state index contributed by atoms with van der Waals surface area (Å²) in [5.41, 5.74) is 0. The molecule has 1 unspecified atom stereocenters. The standard InChI is InChI=1S/C11H21N3O/c1-11(3-10-15-2)14-8-6-13(5-4-12)7-9-14/h11H,3,5-10H2,1-2H3. The smallest absolute Gasteiger partial charge is 0.0866 e. The van der Waals surface area contributed by atoms with Gasteiger partial charge in [-0.2, -0.15) is 5.26 Å². The topological polar surface area (TPSA) is 39.5 Å². The number of nitriles is 1. The Morgan fingerprint density at radius 1 is 1.33 bits per heavy atom. The van der Waals surface area contributed by atoms with Gasteiger partial charge in [0.1, 0.15) is 0 Å². The third-order valence-electron chi connectivity index (χ3n) is 3.06. The van der Waals surface area contributed by atoms with Gasteiger partial charge >= 0.3 is 0 Å². The van der Waals surface area contributed by atoms with Gasteiger partial charge in [-0.25, -0.2) is 0 Å². The highest BCUT2D eigenvalue weighted by molar-refractivity contribution is 4.82. The minimum Gasteiger partial charge on any atom is -0.385 e. The number of nitrogens with zero attached hydrogens (tertiary/aromatic N) is 3. The quantitative estimate of drug-likeness (QED) is 0.623. The van der Waals surface area contributed by atoms with Crippen LogP contribution in [0.15, 0.2) is 0 Å². The first kappa shape index (κ1) is 12.4. The van der Waals surface area contributed by atoms with Crippen LogP contribution in [0.4, 0.5) is 0 Å². The number of hydrogen-bond acceptors (Lipinski definition) is 4. The first-order chi connectivity index (χ1) is 7.27. The van der Waals surface area contributed by atoms with E-state index in [4.69, 9.17) is 10.00 Å². The van der Waals surface area contributed by atoms with E-state index in [0.29, 0.717) is 12.6 Å². The molecule has 0 amide bonds. The van der Waals surface area contributed by atoms with Crippen LogP contribution in [0.1, 0.15) is 13.3 Å². The summed E-state index contributed by atoms with van der Waals surface area (Å²) in [6.07, 6.45) is 1.09. The molecule has 0 N–H and O–H groups in total. The SMILES string of the molecule is COCCC(C)N1CCN(CC#N)CC1. The fourth-order valence-corrected chi connectivity index (χ4v) is 1.93. The third-order valence-corrected chi connectivity index (χ3v) is 3.06. The first-order valence-electron chi connectivity index (χ1n) is 5.60. The summed E-state index contributed by atoms with van der Waals surface area (Å²) in [5.74, 6) is 0. The molecule has 0 aliphatic carbocycles. The summed E-state index contributed by atoms with van der Waals surface area (Å²) in [6, 6.07) is 2.80. The Bertz CT molecular complexity index is 206. The van der Waals surface area contributed by atoms with E-state index in [0.717, 1.165) is 39.2 Å². The van der Waals surface area contributed by atoms with Crippen molar-refractivity contribution in [2.45, 2.75) is 19.4 Å². The Balaban J connectivity index is 2.21. The zero-order chi connectivity index (χ0) is 11.1. The predicted molar refractivity (Wildman–Crippen MR) is 59.6 cm³/mol. The van der Waals surface area contributed by atoms with Gasteiger partial charge in [-0.05, 0) is 13.3 Å². The van der Waals surface area contributed by atoms with Crippen molar-refractivity contribution >= 4 is 0 Å². The molecule has 0 aromatic rings. The molecule has 1 fully saturated rings. The summed E-state index contributed by atoms with van der Waals surface area (Å²) in [6.45, 7) is 7.84. The maximum Gasteiger partial charge on any atom is 0.0866 e. The van der Waals surface area contributed by atoms with Crippen molar-refractivity contribution in [3.05, 3.63) is 0 Å². The van der Waals surface area contributed by atoms with Crippen molar-refractivity contribution in [2.24, 2.45) is 0 Å². The van der Waals surface area contributed by atoms with Crippen molar-refractivity contribution in [2.75, 3.05) is 46.4 Å². The first-order valence-corrected chi connectivity index (χ1v) is 5.60. The van der Waals surface area contributed by atoms with Gasteiger partial charge in [-0.15, -0.1) is 0 Å². The summed E-state index contributed by atoms with van der Waals surface area (Å²) >= 11 is 0. The molecule has 4 nitrogen and oxygen atoms in total. The average molecular weight is 211 g/mol. The van der Waals surface area contributed by atoms with Crippen LogP contribution in [0, 0.1) is 11.3 Å². The van der Waals surface area contributed by atoms with Crippen molar-refractivity contribution in [3.8, 4) is 6.07 Å². The van der Waals surface area contributed by atoms with E-state index >= 15 is 0 Å². The lowest BCUT2D eigenvalue weighted by Gasteiger charge is -2.37. The molecule has 0 bridgehead atoms. The highest BCUT2D eigenvalue weighted by Crippen LogP contribution is 2.08. The van der Waals surface area contributed by atoms with E-state index < -0.39 is 0 Å². The van der Waals surface area contributed by atoms with E-state index in [1.54, 1.807) is 7.11 Å². The Kier molecular flexibility index (Phi) is 5.62. The van der Waals surface area contributed by atoms with Crippen molar-refractivity contribution in [1.82, 2.24) is 9.80 Å². The second-order valence-electron chi connectivity index (χ2n) is 4.10. The second kappa shape index (κ2) is 6.78. The molecule has 4 heteroatoms. The van der Waals surface area contributed by atoms with E-state index in [9.17, 15) is 0 Å². The van der Waals surface area contributed by atoms with E-state index in [1.807, 2.05) is 0 Å². The number of piperazine rings is 1. The lowest BCUT2D eigenvalue weighted by atomic mass is 10.2. The van der Waals surface area contributed by atoms with E-state index in [-0.39, 0.29) is 0 Å². The van der Waals surface area contributed by atoms with E-state index in [1.165, 1.54) is 0 Å². The molecule has 1 aliphatic rings. The monoisotopic (exact) mass is 211 g/mol. The Morgan fingerprint density at radius 3 is 2.53 bits per heavy atom. The van der Waals surface area contributed by atoms with Crippen LogP contribution >= 0.6 is 0 Å². The van der Waals surface area contributed by atoms with Gasteiger partial charge in [0.15, 0.2) is 0 Å². The molecule has 0 saturated carbocycles. The van der Waals surface area contributed by atoms with Gasteiger partial charge in [0.05, 0.1) is 12.6 Å². The lowest BCUT2D eigenvalue weighted by molar-refractivity contribution is 0.0885. The maximum absolute atomic E-state index is 8.59. The zero-order valence-corrected chi connectivity index (χ0v) is 9.78. The highest BCUT2D eigenvalue weighted by Gasteiger charge is 2.20. The maximum atomic E-state index is 8.59. The lowest BCUT2D eigenvalue weighted by Crippen LogP contribution is -2.49. The Hall–Kier alpha value is -0.630. The molecule has 0 radical (unpaired) electrons. The van der Waals surface area contributed by atoms with Crippen LogP contribution in [0.5, 0.6) is 0 Å². The second-order valence-corrected chi connectivity index (χ2v) is 4.10. The summed E-state index contributed by atoms with van der Waals surface area (Å²) < 4.78 is 5.08. The molecule has 1 heterocycles. The van der Waals surface area contributed by atoms with Gasteiger partial charge in [-0.3, -0.25) is 9.80 Å². The van der Waals surface area contributed by atoms with Gasteiger partial charge in [0.2, 0.25) is 0 Å². The van der Waals surface area contributed by atoms with Crippen LogP contribution in [0.3, 0.4) is 0 Å². The van der Waals surface area contributed by atoms with Crippen LogP contribution < -0.4 is 0 Å². The fraction of sp³-hybridized carbons (Fsp3) is 0.909. The largest absolute Gasteiger partial charge is 0.385 e. The summed E-state index contributed by atoms with van der Waals surface area (Å²) in [4.78, 5) is 4.69. The Morgan fingerprint density at radius 2 is 2.00 bits per heavy atom. The van der Waals surface area contributed by atoms with Crippen molar-refractivity contribution in [3.63, 3.8) is 0 Å². The molecule has 1 atom stereocenters. The molecule has 15 heavy (non-hydrogen) atoms. The van der Waals surface area contributed by atoms with Crippen LogP contribution in [0.2, 0.25) is 0 Å². The van der Waals surface area contributed by atoms with Crippen LogP contribution in [-0.2, 0) is 4.74 Å². The molecule has 1 aliphatic heterocycles. The number of rotatable bonds is 5. The average Bonchev–Trinajstić information content (AvgIpc) is 2.27. The molecule has 1 saturated heterocycles. The molecule has 1 rings (SSSR count). The van der Waals surface area contributed by atoms with Crippen LogP contribution in [0.25, 0.3) is 0 Å².